The fourth-order valence-electron chi connectivity index (χ4n) is 2.34. The predicted octanol–water partition coefficient (Wildman–Crippen LogP) is 1.51. The summed E-state index contributed by atoms with van der Waals surface area (Å²) in [7, 11) is 1.85. The van der Waals surface area contributed by atoms with Crippen molar-refractivity contribution in [1.82, 2.24) is 9.78 Å². The summed E-state index contributed by atoms with van der Waals surface area (Å²) in [6, 6.07) is 8.45. The molecule has 1 aliphatic rings. The number of aromatic nitrogens is 2. The van der Waals surface area contributed by atoms with E-state index >= 15 is 0 Å². The van der Waals surface area contributed by atoms with Gasteiger partial charge in [0.15, 0.2) is 0 Å². The summed E-state index contributed by atoms with van der Waals surface area (Å²) in [4.78, 5) is 2.33. The highest BCUT2D eigenvalue weighted by Gasteiger charge is 2.12. The summed E-state index contributed by atoms with van der Waals surface area (Å²) in [5.74, 6) is 0.694. The van der Waals surface area contributed by atoms with E-state index in [1.807, 2.05) is 7.05 Å². The van der Waals surface area contributed by atoms with E-state index in [0.29, 0.717) is 5.82 Å². The number of rotatable bonds is 2. The van der Waals surface area contributed by atoms with Gasteiger partial charge in [-0.05, 0) is 17.7 Å². The summed E-state index contributed by atoms with van der Waals surface area (Å²) in [5, 5.41) is 4.17. The monoisotopic (exact) mass is 258 g/mol. The van der Waals surface area contributed by atoms with Crippen LogP contribution < -0.4 is 10.6 Å². The molecule has 19 heavy (non-hydrogen) atoms. The van der Waals surface area contributed by atoms with E-state index in [4.69, 9.17) is 10.5 Å². The molecule has 3 rings (SSSR count). The van der Waals surface area contributed by atoms with E-state index in [-0.39, 0.29) is 0 Å². The lowest BCUT2D eigenvalue weighted by Gasteiger charge is -2.28. The molecule has 100 valence electrons. The second-order valence-electron chi connectivity index (χ2n) is 4.71. The summed E-state index contributed by atoms with van der Waals surface area (Å²) in [6.45, 7) is 3.51. The first-order valence-electron chi connectivity index (χ1n) is 6.46. The number of morpholine rings is 1. The quantitative estimate of drug-likeness (QED) is 0.887. The summed E-state index contributed by atoms with van der Waals surface area (Å²) in [6.07, 6.45) is 1.80. The third-order valence-electron chi connectivity index (χ3n) is 3.54. The van der Waals surface area contributed by atoms with Gasteiger partial charge in [-0.2, -0.15) is 5.10 Å². The Hall–Kier alpha value is -2.01. The average Bonchev–Trinajstić information content (AvgIpc) is 2.80. The number of aryl methyl sites for hydroxylation is 1. The second-order valence-corrected chi connectivity index (χ2v) is 4.71. The fraction of sp³-hybridized carbons (Fsp3) is 0.357. The lowest BCUT2D eigenvalue weighted by Crippen LogP contribution is -2.36. The van der Waals surface area contributed by atoms with Crippen LogP contribution >= 0.6 is 0 Å². The number of nitrogen functional groups attached to an aromatic ring is 1. The minimum atomic E-state index is 0.694. The molecular weight excluding hydrogens is 240 g/mol. The first kappa shape index (κ1) is 12.0. The van der Waals surface area contributed by atoms with Gasteiger partial charge in [0.05, 0.1) is 19.4 Å². The van der Waals surface area contributed by atoms with Gasteiger partial charge < -0.3 is 15.4 Å². The molecule has 0 amide bonds. The molecule has 1 saturated heterocycles. The Morgan fingerprint density at radius 3 is 2.42 bits per heavy atom. The second kappa shape index (κ2) is 4.93. The van der Waals surface area contributed by atoms with Gasteiger partial charge in [-0.15, -0.1) is 0 Å². The minimum absolute atomic E-state index is 0.694. The summed E-state index contributed by atoms with van der Waals surface area (Å²) in [5.41, 5.74) is 9.30. The van der Waals surface area contributed by atoms with Crippen LogP contribution in [0.1, 0.15) is 0 Å². The number of anilines is 2. The Balaban J connectivity index is 1.84. The van der Waals surface area contributed by atoms with Crippen LogP contribution in [0.2, 0.25) is 0 Å². The number of hydrogen-bond donors (Lipinski definition) is 1. The summed E-state index contributed by atoms with van der Waals surface area (Å²) >= 11 is 0. The van der Waals surface area contributed by atoms with Gasteiger partial charge in [0, 0.05) is 31.4 Å². The molecule has 0 bridgehead atoms. The first-order valence-corrected chi connectivity index (χ1v) is 6.46. The maximum atomic E-state index is 5.99. The van der Waals surface area contributed by atoms with Crippen molar-refractivity contribution in [1.29, 1.82) is 0 Å². The van der Waals surface area contributed by atoms with Crippen molar-refractivity contribution >= 4 is 11.5 Å². The van der Waals surface area contributed by atoms with Gasteiger partial charge in [-0.3, -0.25) is 4.68 Å². The van der Waals surface area contributed by atoms with Gasteiger partial charge in [-0.1, -0.05) is 12.1 Å². The Labute approximate surface area is 112 Å². The smallest absolute Gasteiger partial charge is 0.129 e. The molecule has 0 unspecified atom stereocenters. The lowest BCUT2D eigenvalue weighted by atomic mass is 10.1. The highest BCUT2D eigenvalue weighted by Crippen LogP contribution is 2.27. The molecule has 2 N–H and O–H groups in total. The van der Waals surface area contributed by atoms with E-state index in [1.54, 1.807) is 10.9 Å². The highest BCUT2D eigenvalue weighted by molar-refractivity contribution is 5.74. The molecule has 1 aromatic carbocycles. The largest absolute Gasteiger partial charge is 0.383 e. The van der Waals surface area contributed by atoms with Crippen LogP contribution in [0.5, 0.6) is 0 Å². The zero-order valence-electron chi connectivity index (χ0n) is 11.0. The van der Waals surface area contributed by atoms with Crippen LogP contribution in [0.25, 0.3) is 11.1 Å². The predicted molar refractivity (Wildman–Crippen MR) is 76.1 cm³/mol. The van der Waals surface area contributed by atoms with Crippen molar-refractivity contribution in [2.24, 2.45) is 7.05 Å². The molecule has 0 spiro atoms. The Morgan fingerprint density at radius 1 is 1.16 bits per heavy atom. The number of hydrogen-bond acceptors (Lipinski definition) is 4. The number of nitrogens with two attached hydrogens (primary N) is 1. The zero-order valence-corrected chi connectivity index (χ0v) is 11.0. The van der Waals surface area contributed by atoms with Crippen LogP contribution in [-0.4, -0.2) is 36.1 Å². The van der Waals surface area contributed by atoms with Gasteiger partial charge in [0.2, 0.25) is 0 Å². The third kappa shape index (κ3) is 2.29. The zero-order chi connectivity index (χ0) is 13.2. The van der Waals surface area contributed by atoms with Crippen LogP contribution in [0.3, 0.4) is 0 Å². The van der Waals surface area contributed by atoms with Crippen molar-refractivity contribution in [3.8, 4) is 11.1 Å². The molecule has 5 nitrogen and oxygen atoms in total. The maximum Gasteiger partial charge on any atom is 0.129 e. The molecule has 2 aromatic rings. The normalized spacial score (nSPS) is 15.7. The van der Waals surface area contributed by atoms with E-state index in [0.717, 1.165) is 37.4 Å². The van der Waals surface area contributed by atoms with Crippen LogP contribution in [0, 0.1) is 0 Å². The van der Waals surface area contributed by atoms with Crippen molar-refractivity contribution in [3.05, 3.63) is 30.5 Å². The van der Waals surface area contributed by atoms with Gasteiger partial charge in [0.1, 0.15) is 5.82 Å². The van der Waals surface area contributed by atoms with Gasteiger partial charge >= 0.3 is 0 Å². The minimum Gasteiger partial charge on any atom is -0.383 e. The van der Waals surface area contributed by atoms with E-state index in [2.05, 4.69) is 34.3 Å². The SMILES string of the molecule is Cn1ncc(-c2ccc(N3CCOCC3)cc2)c1N. The molecule has 1 aliphatic heterocycles. The van der Waals surface area contributed by atoms with Gasteiger partial charge in [0.25, 0.3) is 0 Å². The Bertz CT molecular complexity index is 555. The van der Waals surface area contributed by atoms with Crippen molar-refractivity contribution in [3.63, 3.8) is 0 Å². The number of nitrogens with zero attached hydrogens (tertiary/aromatic N) is 3. The molecule has 0 radical (unpaired) electrons. The summed E-state index contributed by atoms with van der Waals surface area (Å²) < 4.78 is 7.05. The van der Waals surface area contributed by atoms with Gasteiger partial charge in [-0.25, -0.2) is 0 Å². The third-order valence-corrected chi connectivity index (χ3v) is 3.54. The molecule has 0 saturated carbocycles. The molecule has 2 heterocycles. The molecule has 1 aromatic heterocycles. The average molecular weight is 258 g/mol. The van der Waals surface area contributed by atoms with Crippen molar-refractivity contribution in [2.45, 2.75) is 0 Å². The van der Waals surface area contributed by atoms with Crippen molar-refractivity contribution < 1.29 is 4.74 Å². The standard InChI is InChI=1S/C14H18N4O/c1-17-14(15)13(10-16-17)11-2-4-12(5-3-11)18-6-8-19-9-7-18/h2-5,10H,6-9,15H2,1H3. The number of ether oxygens (including phenoxy) is 1. The van der Waals surface area contributed by atoms with Crippen LogP contribution in [0.4, 0.5) is 11.5 Å². The van der Waals surface area contributed by atoms with E-state index in [1.165, 1.54) is 5.69 Å². The first-order chi connectivity index (χ1) is 9.25. The Morgan fingerprint density at radius 2 is 1.84 bits per heavy atom. The van der Waals surface area contributed by atoms with E-state index in [9.17, 15) is 0 Å². The lowest BCUT2D eigenvalue weighted by molar-refractivity contribution is 0.122. The maximum absolute atomic E-state index is 5.99. The topological polar surface area (TPSA) is 56.3 Å². The molecule has 0 aliphatic carbocycles. The fourth-order valence-corrected chi connectivity index (χ4v) is 2.34. The molecule has 5 heteroatoms. The van der Waals surface area contributed by atoms with Crippen LogP contribution in [0.15, 0.2) is 30.5 Å². The molecule has 1 fully saturated rings. The van der Waals surface area contributed by atoms with E-state index < -0.39 is 0 Å². The van der Waals surface area contributed by atoms with Crippen LogP contribution in [-0.2, 0) is 11.8 Å². The van der Waals surface area contributed by atoms with Crippen molar-refractivity contribution in [2.75, 3.05) is 36.9 Å². The highest BCUT2D eigenvalue weighted by atomic mass is 16.5. The molecular formula is C14H18N4O. The Kier molecular flexibility index (Phi) is 3.13. The molecule has 0 atom stereocenters. The number of benzene rings is 1.